The molecule has 1 rings (SSSR count). The molecule has 0 fully saturated rings. The van der Waals surface area contributed by atoms with Crippen LogP contribution in [0.1, 0.15) is 12.5 Å². The predicted octanol–water partition coefficient (Wildman–Crippen LogP) is 0.926. The molecule has 0 aromatic heterocycles. The molecule has 0 radical (unpaired) electrons. The van der Waals surface area contributed by atoms with Crippen LogP contribution in [0.15, 0.2) is 35.5 Å². The minimum atomic E-state index is -0.443. The van der Waals surface area contributed by atoms with Gasteiger partial charge in [-0.1, -0.05) is 12.1 Å². The summed E-state index contributed by atoms with van der Waals surface area (Å²) in [5.41, 5.74) is 6.53. The molecule has 0 saturated carbocycles. The maximum absolute atomic E-state index is 11.6. The molecule has 5 heteroatoms. The monoisotopic (exact) mass is 260 g/mol. The molecule has 0 aliphatic carbocycles. The van der Waals surface area contributed by atoms with Gasteiger partial charge in [0.1, 0.15) is 17.4 Å². The topological polar surface area (TPSA) is 96.3 Å². The summed E-state index contributed by atoms with van der Waals surface area (Å²) in [7, 11) is 0. The SMILES string of the molecule is CC(N)=C(C#N)C(=O)COc1ccc(CCO)cc1. The third-order valence-electron chi connectivity index (χ3n) is 2.48. The number of Topliss-reactive ketones (excluding diaryl/α,β-unsaturated/α-hetero) is 1. The number of rotatable bonds is 6. The first-order valence-electron chi connectivity index (χ1n) is 5.80. The predicted molar refractivity (Wildman–Crippen MR) is 70.2 cm³/mol. The fraction of sp³-hybridized carbons (Fsp3) is 0.286. The van der Waals surface area contributed by atoms with Crippen molar-refractivity contribution in [1.29, 1.82) is 5.26 Å². The molecule has 0 heterocycles. The quantitative estimate of drug-likeness (QED) is 0.585. The molecule has 1 aromatic carbocycles. The number of hydrogen-bond donors (Lipinski definition) is 2. The number of nitrogens with zero attached hydrogens (tertiary/aromatic N) is 1. The molecule has 100 valence electrons. The van der Waals surface area contributed by atoms with Gasteiger partial charge < -0.3 is 15.6 Å². The summed E-state index contributed by atoms with van der Waals surface area (Å²) < 4.78 is 5.28. The largest absolute Gasteiger partial charge is 0.485 e. The summed E-state index contributed by atoms with van der Waals surface area (Å²) in [4.78, 5) is 11.6. The average molecular weight is 260 g/mol. The van der Waals surface area contributed by atoms with Gasteiger partial charge >= 0.3 is 0 Å². The maximum atomic E-state index is 11.6. The zero-order chi connectivity index (χ0) is 14.3. The summed E-state index contributed by atoms with van der Waals surface area (Å²) >= 11 is 0. The van der Waals surface area contributed by atoms with E-state index in [2.05, 4.69) is 0 Å². The van der Waals surface area contributed by atoms with Crippen molar-refractivity contribution in [2.24, 2.45) is 5.73 Å². The molecular weight excluding hydrogens is 244 g/mol. The van der Waals surface area contributed by atoms with E-state index in [4.69, 9.17) is 20.8 Å². The first-order chi connectivity index (χ1) is 9.08. The van der Waals surface area contributed by atoms with Crippen LogP contribution in [0, 0.1) is 11.3 Å². The minimum Gasteiger partial charge on any atom is -0.485 e. The van der Waals surface area contributed by atoms with E-state index < -0.39 is 5.78 Å². The number of carbonyl (C=O) groups is 1. The Morgan fingerprint density at radius 2 is 2.05 bits per heavy atom. The molecular formula is C14H16N2O3. The number of hydrogen-bond acceptors (Lipinski definition) is 5. The van der Waals surface area contributed by atoms with Crippen molar-refractivity contribution in [2.45, 2.75) is 13.3 Å². The molecule has 1 aromatic rings. The van der Waals surface area contributed by atoms with E-state index in [0.717, 1.165) is 5.56 Å². The number of ketones is 1. The molecule has 0 bridgehead atoms. The van der Waals surface area contributed by atoms with E-state index >= 15 is 0 Å². The Labute approximate surface area is 111 Å². The summed E-state index contributed by atoms with van der Waals surface area (Å²) in [6, 6.07) is 8.81. The van der Waals surface area contributed by atoms with Crippen LogP contribution in [-0.2, 0) is 11.2 Å². The molecule has 0 aliphatic rings. The molecule has 19 heavy (non-hydrogen) atoms. The standard InChI is InChI=1S/C14H16N2O3/c1-10(16)13(8-15)14(18)9-19-12-4-2-11(3-5-12)6-7-17/h2-5,17H,6-7,9,16H2,1H3. The van der Waals surface area contributed by atoms with Gasteiger partial charge in [-0.05, 0) is 31.0 Å². The normalized spacial score (nSPS) is 11.4. The van der Waals surface area contributed by atoms with Crippen LogP contribution < -0.4 is 10.5 Å². The lowest BCUT2D eigenvalue weighted by Gasteiger charge is -2.06. The molecule has 0 atom stereocenters. The first-order valence-corrected chi connectivity index (χ1v) is 5.80. The lowest BCUT2D eigenvalue weighted by molar-refractivity contribution is -0.117. The number of benzene rings is 1. The van der Waals surface area contributed by atoms with Crippen molar-refractivity contribution >= 4 is 5.78 Å². The van der Waals surface area contributed by atoms with Crippen LogP contribution in [-0.4, -0.2) is 24.1 Å². The number of aliphatic hydroxyl groups is 1. The lowest BCUT2D eigenvalue weighted by Crippen LogP contribution is -2.16. The first kappa shape index (κ1) is 14.7. The van der Waals surface area contributed by atoms with Gasteiger partial charge in [-0.25, -0.2) is 0 Å². The summed E-state index contributed by atoms with van der Waals surface area (Å²) in [6.07, 6.45) is 0.576. The number of aliphatic hydroxyl groups excluding tert-OH is 1. The van der Waals surface area contributed by atoms with E-state index in [1.54, 1.807) is 18.2 Å². The van der Waals surface area contributed by atoms with Crippen molar-refractivity contribution in [3.8, 4) is 11.8 Å². The van der Waals surface area contributed by atoms with Crippen LogP contribution in [0.2, 0.25) is 0 Å². The van der Waals surface area contributed by atoms with Gasteiger partial charge in [-0.3, -0.25) is 4.79 Å². The Hall–Kier alpha value is -2.32. The summed E-state index contributed by atoms with van der Waals surface area (Å²) in [5.74, 6) is 0.0870. The van der Waals surface area contributed by atoms with Crippen molar-refractivity contribution in [3.63, 3.8) is 0 Å². The maximum Gasteiger partial charge on any atom is 0.212 e. The van der Waals surface area contributed by atoms with Crippen LogP contribution in [0.25, 0.3) is 0 Å². The van der Waals surface area contributed by atoms with Gasteiger partial charge in [0.2, 0.25) is 5.78 Å². The van der Waals surface area contributed by atoms with Crippen molar-refractivity contribution in [1.82, 2.24) is 0 Å². The highest BCUT2D eigenvalue weighted by Crippen LogP contribution is 2.13. The molecule has 0 spiro atoms. The second-order valence-corrected chi connectivity index (χ2v) is 4.00. The van der Waals surface area contributed by atoms with E-state index in [-0.39, 0.29) is 24.5 Å². The fourth-order valence-electron chi connectivity index (χ4n) is 1.47. The van der Waals surface area contributed by atoms with Gasteiger partial charge in [0, 0.05) is 12.3 Å². The van der Waals surface area contributed by atoms with E-state index in [1.807, 2.05) is 12.1 Å². The molecule has 0 saturated heterocycles. The third kappa shape index (κ3) is 4.45. The van der Waals surface area contributed by atoms with Crippen molar-refractivity contribution < 1.29 is 14.6 Å². The second kappa shape index (κ2) is 7.19. The number of nitriles is 1. The number of ether oxygens (including phenoxy) is 1. The molecule has 3 N–H and O–H groups in total. The van der Waals surface area contributed by atoms with Crippen LogP contribution in [0.3, 0.4) is 0 Å². The highest BCUT2D eigenvalue weighted by molar-refractivity contribution is 6.00. The number of carbonyl (C=O) groups excluding carboxylic acids is 1. The smallest absolute Gasteiger partial charge is 0.212 e. The zero-order valence-electron chi connectivity index (χ0n) is 10.7. The lowest BCUT2D eigenvalue weighted by atomic mass is 10.1. The highest BCUT2D eigenvalue weighted by atomic mass is 16.5. The van der Waals surface area contributed by atoms with Crippen LogP contribution >= 0.6 is 0 Å². The zero-order valence-corrected chi connectivity index (χ0v) is 10.7. The number of allylic oxidation sites excluding steroid dienone is 1. The van der Waals surface area contributed by atoms with Crippen molar-refractivity contribution in [2.75, 3.05) is 13.2 Å². The number of nitrogens with two attached hydrogens (primary N) is 1. The van der Waals surface area contributed by atoms with Crippen LogP contribution in [0.4, 0.5) is 0 Å². The molecule has 0 aliphatic heterocycles. The third-order valence-corrected chi connectivity index (χ3v) is 2.48. The van der Waals surface area contributed by atoms with Crippen molar-refractivity contribution in [3.05, 3.63) is 41.1 Å². The Bertz CT molecular complexity index is 508. The van der Waals surface area contributed by atoms with Gasteiger partial charge in [0.05, 0.1) is 0 Å². The minimum absolute atomic E-state index is 0.0723. The molecule has 0 unspecified atom stereocenters. The molecule has 0 amide bonds. The highest BCUT2D eigenvalue weighted by Gasteiger charge is 2.12. The Morgan fingerprint density at radius 3 is 2.53 bits per heavy atom. The fourth-order valence-corrected chi connectivity index (χ4v) is 1.47. The summed E-state index contributed by atoms with van der Waals surface area (Å²) in [5, 5.41) is 17.6. The molecule has 5 nitrogen and oxygen atoms in total. The van der Waals surface area contributed by atoms with Gasteiger partial charge in [0.15, 0.2) is 6.61 Å². The second-order valence-electron chi connectivity index (χ2n) is 4.00. The van der Waals surface area contributed by atoms with Gasteiger partial charge in [-0.2, -0.15) is 5.26 Å². The van der Waals surface area contributed by atoms with E-state index in [1.165, 1.54) is 6.92 Å². The van der Waals surface area contributed by atoms with E-state index in [9.17, 15) is 4.79 Å². The average Bonchev–Trinajstić information content (AvgIpc) is 2.38. The summed E-state index contributed by atoms with van der Waals surface area (Å²) in [6.45, 7) is 1.36. The Kier molecular flexibility index (Phi) is 5.58. The van der Waals surface area contributed by atoms with Gasteiger partial charge in [0.25, 0.3) is 0 Å². The Morgan fingerprint density at radius 1 is 1.42 bits per heavy atom. The van der Waals surface area contributed by atoms with E-state index in [0.29, 0.717) is 12.2 Å². The van der Waals surface area contributed by atoms with Crippen LogP contribution in [0.5, 0.6) is 5.75 Å². The van der Waals surface area contributed by atoms with Gasteiger partial charge in [-0.15, -0.1) is 0 Å². The Balaban J connectivity index is 2.60.